The Morgan fingerprint density at radius 3 is 2.48 bits per heavy atom. The van der Waals surface area contributed by atoms with Crippen LogP contribution in [-0.2, 0) is 6.18 Å². The van der Waals surface area contributed by atoms with Crippen molar-refractivity contribution in [3.05, 3.63) is 59.6 Å². The largest absolute Gasteiger partial charge is 0.433 e. The second kappa shape index (κ2) is 7.38. The van der Waals surface area contributed by atoms with Gasteiger partial charge in [-0.1, -0.05) is 0 Å². The third-order valence-electron chi connectivity index (χ3n) is 5.09. The molecule has 1 saturated heterocycles. The average molecular weight is 400 g/mol. The first-order chi connectivity index (χ1) is 13.8. The summed E-state index contributed by atoms with van der Waals surface area (Å²) in [7, 11) is 0. The van der Waals surface area contributed by atoms with Crippen LogP contribution in [-0.4, -0.2) is 31.5 Å². The molecule has 1 fully saturated rings. The van der Waals surface area contributed by atoms with Gasteiger partial charge in [0.15, 0.2) is 11.6 Å². The number of aryl methyl sites for hydroxylation is 1. The predicted octanol–water partition coefficient (Wildman–Crippen LogP) is 4.31. The van der Waals surface area contributed by atoms with Crippen LogP contribution in [0.2, 0.25) is 0 Å². The van der Waals surface area contributed by atoms with E-state index in [-0.39, 0.29) is 11.9 Å². The first-order valence-corrected chi connectivity index (χ1v) is 9.27. The molecule has 3 aromatic rings. The fourth-order valence-corrected chi connectivity index (χ4v) is 3.50. The molecule has 1 aliphatic rings. The molecule has 4 heterocycles. The van der Waals surface area contributed by atoms with E-state index >= 15 is 0 Å². The van der Waals surface area contributed by atoms with Crippen molar-refractivity contribution in [1.82, 2.24) is 24.9 Å². The van der Waals surface area contributed by atoms with E-state index in [2.05, 4.69) is 19.9 Å². The molecule has 0 N–H and O–H groups in total. The SMILES string of the molecule is Cc1nc(-c2ccncc2)nc(N2CCCC2c2nccc(C(F)(F)F)n2)c1C. The third-order valence-corrected chi connectivity index (χ3v) is 5.09. The number of hydrogen-bond acceptors (Lipinski definition) is 6. The first-order valence-electron chi connectivity index (χ1n) is 9.27. The minimum absolute atomic E-state index is 0.165. The highest BCUT2D eigenvalue weighted by molar-refractivity contribution is 5.60. The first kappa shape index (κ1) is 19.2. The molecule has 1 atom stereocenters. The van der Waals surface area contributed by atoms with Crippen molar-refractivity contribution in [3.63, 3.8) is 0 Å². The Morgan fingerprint density at radius 2 is 1.76 bits per heavy atom. The summed E-state index contributed by atoms with van der Waals surface area (Å²) < 4.78 is 39.3. The number of hydrogen-bond donors (Lipinski definition) is 0. The van der Waals surface area contributed by atoms with Gasteiger partial charge in [0.05, 0.1) is 6.04 Å². The maximum Gasteiger partial charge on any atom is 0.433 e. The minimum Gasteiger partial charge on any atom is -0.346 e. The number of rotatable bonds is 3. The summed E-state index contributed by atoms with van der Waals surface area (Å²) in [6.45, 7) is 4.48. The van der Waals surface area contributed by atoms with Gasteiger partial charge < -0.3 is 4.90 Å². The Balaban J connectivity index is 1.75. The Morgan fingerprint density at radius 1 is 1.00 bits per heavy atom. The Labute approximate surface area is 165 Å². The third kappa shape index (κ3) is 3.76. The number of nitrogens with zero attached hydrogens (tertiary/aromatic N) is 6. The summed E-state index contributed by atoms with van der Waals surface area (Å²) in [5.41, 5.74) is 1.61. The van der Waals surface area contributed by atoms with Crippen molar-refractivity contribution >= 4 is 5.82 Å². The number of halogens is 3. The van der Waals surface area contributed by atoms with Crippen molar-refractivity contribution in [1.29, 1.82) is 0 Å². The molecule has 0 amide bonds. The van der Waals surface area contributed by atoms with Crippen LogP contribution >= 0.6 is 0 Å². The monoisotopic (exact) mass is 400 g/mol. The van der Waals surface area contributed by atoms with E-state index in [4.69, 9.17) is 4.98 Å². The van der Waals surface area contributed by atoms with Gasteiger partial charge in [0.2, 0.25) is 0 Å². The molecule has 9 heteroatoms. The lowest BCUT2D eigenvalue weighted by atomic mass is 10.1. The highest BCUT2D eigenvalue weighted by Crippen LogP contribution is 2.37. The molecule has 0 aromatic carbocycles. The molecule has 29 heavy (non-hydrogen) atoms. The van der Waals surface area contributed by atoms with Crippen LogP contribution in [0, 0.1) is 13.8 Å². The van der Waals surface area contributed by atoms with Crippen LogP contribution in [0.4, 0.5) is 19.0 Å². The van der Waals surface area contributed by atoms with E-state index in [1.807, 2.05) is 30.9 Å². The molecule has 150 valence electrons. The lowest BCUT2D eigenvalue weighted by Crippen LogP contribution is -2.27. The molecular weight excluding hydrogens is 381 g/mol. The van der Waals surface area contributed by atoms with Gasteiger partial charge in [0, 0.05) is 42.0 Å². The Bertz CT molecular complexity index is 1020. The zero-order valence-corrected chi connectivity index (χ0v) is 16.0. The van der Waals surface area contributed by atoms with E-state index in [0.29, 0.717) is 24.6 Å². The van der Waals surface area contributed by atoms with Gasteiger partial charge in [-0.15, -0.1) is 0 Å². The fraction of sp³-hybridized carbons (Fsp3) is 0.350. The van der Waals surface area contributed by atoms with Crippen LogP contribution in [0.3, 0.4) is 0 Å². The Kier molecular flexibility index (Phi) is 4.89. The highest BCUT2D eigenvalue weighted by atomic mass is 19.4. The van der Waals surface area contributed by atoms with Crippen molar-refractivity contribution < 1.29 is 13.2 Å². The summed E-state index contributed by atoms with van der Waals surface area (Å²) in [4.78, 5) is 23.3. The van der Waals surface area contributed by atoms with Gasteiger partial charge in [0.25, 0.3) is 0 Å². The summed E-state index contributed by atoms with van der Waals surface area (Å²) in [5.74, 6) is 1.42. The summed E-state index contributed by atoms with van der Waals surface area (Å²) in [6, 6.07) is 4.18. The topological polar surface area (TPSA) is 67.7 Å². The van der Waals surface area contributed by atoms with Crippen molar-refractivity contribution in [2.24, 2.45) is 0 Å². The van der Waals surface area contributed by atoms with E-state index in [9.17, 15) is 13.2 Å². The van der Waals surface area contributed by atoms with E-state index in [0.717, 1.165) is 29.3 Å². The molecule has 0 radical (unpaired) electrons. The van der Waals surface area contributed by atoms with Crippen molar-refractivity contribution in [2.75, 3.05) is 11.4 Å². The number of aromatic nitrogens is 5. The zero-order valence-electron chi connectivity index (χ0n) is 16.0. The van der Waals surface area contributed by atoms with Gasteiger partial charge in [0.1, 0.15) is 11.5 Å². The van der Waals surface area contributed by atoms with Crippen LogP contribution in [0.25, 0.3) is 11.4 Å². The van der Waals surface area contributed by atoms with Crippen molar-refractivity contribution in [3.8, 4) is 11.4 Å². The smallest absolute Gasteiger partial charge is 0.346 e. The summed E-state index contributed by atoms with van der Waals surface area (Å²) in [5, 5.41) is 0. The lowest BCUT2D eigenvalue weighted by Gasteiger charge is -2.27. The van der Waals surface area contributed by atoms with Gasteiger partial charge in [-0.05, 0) is 44.9 Å². The molecule has 0 bridgehead atoms. The number of alkyl halides is 3. The number of pyridine rings is 1. The molecule has 1 unspecified atom stereocenters. The van der Waals surface area contributed by atoms with Gasteiger partial charge in [-0.2, -0.15) is 13.2 Å². The van der Waals surface area contributed by atoms with E-state index < -0.39 is 11.9 Å². The maximum absolute atomic E-state index is 13.1. The standard InChI is InChI=1S/C20H19F3N6/c1-12-13(2)26-17(14-5-8-24-9-6-14)28-19(12)29-11-3-4-15(29)18-25-10-7-16(27-18)20(21,22)23/h5-10,15H,3-4,11H2,1-2H3. The average Bonchev–Trinajstić information content (AvgIpc) is 3.20. The van der Waals surface area contributed by atoms with Gasteiger partial charge in [-0.3, -0.25) is 4.98 Å². The fourth-order valence-electron chi connectivity index (χ4n) is 3.50. The maximum atomic E-state index is 13.1. The number of anilines is 1. The molecular formula is C20H19F3N6. The summed E-state index contributed by atoms with van der Waals surface area (Å²) in [6.07, 6.45) is 1.48. The Hall–Kier alpha value is -3.10. The van der Waals surface area contributed by atoms with E-state index in [1.54, 1.807) is 12.4 Å². The molecule has 1 aliphatic heterocycles. The molecule has 0 aliphatic carbocycles. The van der Waals surface area contributed by atoms with Crippen LogP contribution < -0.4 is 4.90 Å². The van der Waals surface area contributed by atoms with Crippen LogP contribution in [0.15, 0.2) is 36.8 Å². The van der Waals surface area contributed by atoms with E-state index in [1.165, 1.54) is 6.20 Å². The van der Waals surface area contributed by atoms with Gasteiger partial charge >= 0.3 is 6.18 Å². The quantitative estimate of drug-likeness (QED) is 0.653. The molecule has 0 saturated carbocycles. The highest BCUT2D eigenvalue weighted by Gasteiger charge is 2.36. The normalized spacial score (nSPS) is 17.0. The summed E-state index contributed by atoms with van der Waals surface area (Å²) >= 11 is 0. The lowest BCUT2D eigenvalue weighted by molar-refractivity contribution is -0.141. The molecule has 3 aromatic heterocycles. The molecule has 6 nitrogen and oxygen atoms in total. The van der Waals surface area contributed by atoms with Crippen LogP contribution in [0.1, 0.15) is 41.7 Å². The second-order valence-corrected chi connectivity index (χ2v) is 6.97. The van der Waals surface area contributed by atoms with Gasteiger partial charge in [-0.25, -0.2) is 19.9 Å². The molecule has 0 spiro atoms. The van der Waals surface area contributed by atoms with Crippen molar-refractivity contribution in [2.45, 2.75) is 38.9 Å². The van der Waals surface area contributed by atoms with Crippen LogP contribution in [0.5, 0.6) is 0 Å². The zero-order chi connectivity index (χ0) is 20.6. The second-order valence-electron chi connectivity index (χ2n) is 6.97. The minimum atomic E-state index is -4.50. The molecule has 4 rings (SSSR count). The predicted molar refractivity (Wildman–Crippen MR) is 101 cm³/mol.